The minimum absolute atomic E-state index is 0.183. The largest absolute Gasteiger partial charge is 0.493 e. The number of amides is 1. The van der Waals surface area contributed by atoms with Crippen molar-refractivity contribution in [2.45, 2.75) is 20.8 Å². The summed E-state index contributed by atoms with van der Waals surface area (Å²) in [5, 5.41) is 6.21. The van der Waals surface area contributed by atoms with Crippen molar-refractivity contribution in [3.05, 3.63) is 70.9 Å². The van der Waals surface area contributed by atoms with Gasteiger partial charge in [0.1, 0.15) is 5.82 Å². The Kier molecular flexibility index (Phi) is 6.02. The molecule has 0 saturated carbocycles. The van der Waals surface area contributed by atoms with Crippen LogP contribution in [0.15, 0.2) is 48.7 Å². The summed E-state index contributed by atoms with van der Waals surface area (Å²) in [6.45, 7) is 6.03. The molecule has 0 atom stereocenters. The van der Waals surface area contributed by atoms with Crippen molar-refractivity contribution < 1.29 is 14.3 Å². The summed E-state index contributed by atoms with van der Waals surface area (Å²) < 4.78 is 10.6. The van der Waals surface area contributed by atoms with Crippen LogP contribution < -0.4 is 20.1 Å². The Labute approximate surface area is 170 Å². The van der Waals surface area contributed by atoms with Crippen LogP contribution in [0.25, 0.3) is 0 Å². The van der Waals surface area contributed by atoms with Gasteiger partial charge in [-0.25, -0.2) is 4.98 Å². The topological polar surface area (TPSA) is 72.5 Å². The van der Waals surface area contributed by atoms with Gasteiger partial charge in [0.05, 0.1) is 14.2 Å². The lowest BCUT2D eigenvalue weighted by Crippen LogP contribution is -2.14. The lowest BCUT2D eigenvalue weighted by Gasteiger charge is -2.14. The fourth-order valence-electron chi connectivity index (χ4n) is 3.26. The van der Waals surface area contributed by atoms with Crippen LogP contribution >= 0.6 is 0 Å². The smallest absolute Gasteiger partial charge is 0.255 e. The quantitative estimate of drug-likeness (QED) is 0.617. The molecule has 0 fully saturated rings. The van der Waals surface area contributed by atoms with Gasteiger partial charge in [-0.2, -0.15) is 0 Å². The van der Waals surface area contributed by atoms with Crippen molar-refractivity contribution in [3.8, 4) is 11.5 Å². The minimum Gasteiger partial charge on any atom is -0.493 e. The third kappa shape index (κ3) is 4.66. The number of nitrogens with zero attached hydrogens (tertiary/aromatic N) is 1. The first-order valence-corrected chi connectivity index (χ1v) is 9.25. The number of aromatic nitrogens is 1. The van der Waals surface area contributed by atoms with Gasteiger partial charge in [-0.1, -0.05) is 17.7 Å². The minimum atomic E-state index is -0.183. The van der Waals surface area contributed by atoms with Gasteiger partial charge in [-0.05, 0) is 56.2 Å². The third-order valence-electron chi connectivity index (χ3n) is 4.59. The Morgan fingerprint density at radius 1 is 0.897 bits per heavy atom. The number of benzene rings is 2. The zero-order valence-electron chi connectivity index (χ0n) is 17.3. The van der Waals surface area contributed by atoms with E-state index in [1.807, 2.05) is 32.9 Å². The van der Waals surface area contributed by atoms with E-state index in [-0.39, 0.29) is 5.91 Å². The Bertz CT molecular complexity index is 1020. The van der Waals surface area contributed by atoms with Crippen LogP contribution in [0.2, 0.25) is 0 Å². The number of rotatable bonds is 6. The number of hydrogen-bond acceptors (Lipinski definition) is 5. The highest BCUT2D eigenvalue weighted by Gasteiger charge is 2.12. The average molecular weight is 391 g/mol. The van der Waals surface area contributed by atoms with E-state index in [1.165, 1.54) is 5.56 Å². The molecule has 0 radical (unpaired) electrons. The molecule has 6 heteroatoms. The molecule has 6 nitrogen and oxygen atoms in total. The van der Waals surface area contributed by atoms with Crippen molar-refractivity contribution in [1.29, 1.82) is 0 Å². The number of ether oxygens (including phenoxy) is 2. The molecule has 0 aliphatic rings. The molecule has 2 aromatic carbocycles. The van der Waals surface area contributed by atoms with Crippen LogP contribution in [0, 0.1) is 20.8 Å². The van der Waals surface area contributed by atoms with Crippen molar-refractivity contribution in [2.75, 3.05) is 24.9 Å². The van der Waals surface area contributed by atoms with Crippen LogP contribution in [-0.4, -0.2) is 25.1 Å². The summed E-state index contributed by atoms with van der Waals surface area (Å²) in [7, 11) is 3.17. The van der Waals surface area contributed by atoms with Gasteiger partial charge in [0, 0.05) is 29.2 Å². The van der Waals surface area contributed by atoms with E-state index in [2.05, 4.69) is 27.8 Å². The lowest BCUT2D eigenvalue weighted by atomic mass is 10.0. The predicted octanol–water partition coefficient (Wildman–Crippen LogP) is 5.02. The molecule has 0 bridgehead atoms. The fourth-order valence-corrected chi connectivity index (χ4v) is 3.26. The van der Waals surface area contributed by atoms with Gasteiger partial charge in [0.25, 0.3) is 5.91 Å². The van der Waals surface area contributed by atoms with E-state index in [1.54, 1.807) is 38.6 Å². The molecular formula is C23H25N3O3. The summed E-state index contributed by atoms with van der Waals surface area (Å²) in [5.41, 5.74) is 5.37. The number of carbonyl (C=O) groups excluding carboxylic acids is 1. The number of hydrogen-bond donors (Lipinski definition) is 2. The molecule has 1 amide bonds. The molecule has 0 unspecified atom stereocenters. The molecule has 0 saturated heterocycles. The molecule has 0 aliphatic carbocycles. The highest BCUT2D eigenvalue weighted by Crippen LogP contribution is 2.31. The summed E-state index contributed by atoms with van der Waals surface area (Å²) >= 11 is 0. The third-order valence-corrected chi connectivity index (χ3v) is 4.59. The van der Waals surface area contributed by atoms with Crippen LogP contribution in [0.3, 0.4) is 0 Å². The van der Waals surface area contributed by atoms with Gasteiger partial charge in [0.2, 0.25) is 0 Å². The summed E-state index contributed by atoms with van der Waals surface area (Å²) in [4.78, 5) is 17.1. The van der Waals surface area contributed by atoms with Crippen molar-refractivity contribution in [2.24, 2.45) is 0 Å². The number of nitrogens with one attached hydrogen (secondary N) is 2. The summed E-state index contributed by atoms with van der Waals surface area (Å²) in [5.74, 6) is 1.62. The lowest BCUT2D eigenvalue weighted by molar-refractivity contribution is 0.102. The summed E-state index contributed by atoms with van der Waals surface area (Å²) in [6.07, 6.45) is 1.60. The molecule has 1 aromatic heterocycles. The fraction of sp³-hybridized carbons (Fsp3) is 0.217. The number of aryl methyl sites for hydroxylation is 3. The van der Waals surface area contributed by atoms with Crippen LogP contribution in [-0.2, 0) is 0 Å². The van der Waals surface area contributed by atoms with E-state index in [9.17, 15) is 4.79 Å². The van der Waals surface area contributed by atoms with Crippen LogP contribution in [0.1, 0.15) is 27.0 Å². The second-order valence-electron chi connectivity index (χ2n) is 6.85. The van der Waals surface area contributed by atoms with Gasteiger partial charge in [-0.3, -0.25) is 4.79 Å². The summed E-state index contributed by atoms with van der Waals surface area (Å²) in [6, 6.07) is 13.0. The van der Waals surface area contributed by atoms with Gasteiger partial charge >= 0.3 is 0 Å². The molecule has 29 heavy (non-hydrogen) atoms. The first-order chi connectivity index (χ1) is 13.9. The average Bonchev–Trinajstić information content (AvgIpc) is 2.70. The van der Waals surface area contributed by atoms with Crippen molar-refractivity contribution in [1.82, 2.24) is 4.98 Å². The Morgan fingerprint density at radius 2 is 1.59 bits per heavy atom. The van der Waals surface area contributed by atoms with E-state index in [0.29, 0.717) is 22.9 Å². The predicted molar refractivity (Wildman–Crippen MR) is 116 cm³/mol. The Balaban J connectivity index is 1.80. The number of anilines is 3. The zero-order valence-corrected chi connectivity index (χ0v) is 17.3. The molecule has 3 rings (SSSR count). The maximum absolute atomic E-state index is 12.8. The van der Waals surface area contributed by atoms with Crippen LogP contribution in [0.5, 0.6) is 11.5 Å². The second kappa shape index (κ2) is 8.65. The molecular weight excluding hydrogens is 366 g/mol. The van der Waals surface area contributed by atoms with Gasteiger partial charge < -0.3 is 20.1 Å². The first-order valence-electron chi connectivity index (χ1n) is 9.25. The molecule has 2 N–H and O–H groups in total. The number of pyridine rings is 1. The molecule has 1 heterocycles. The molecule has 3 aromatic rings. The maximum atomic E-state index is 12.8. The van der Waals surface area contributed by atoms with Gasteiger partial charge in [0.15, 0.2) is 11.5 Å². The maximum Gasteiger partial charge on any atom is 0.255 e. The number of methoxy groups -OCH3 is 2. The van der Waals surface area contributed by atoms with Crippen LogP contribution in [0.4, 0.5) is 17.2 Å². The normalized spacial score (nSPS) is 10.4. The molecule has 0 aliphatic heterocycles. The first kappa shape index (κ1) is 20.2. The highest BCUT2D eigenvalue weighted by molar-refractivity contribution is 6.05. The van der Waals surface area contributed by atoms with Gasteiger partial charge in [-0.15, -0.1) is 0 Å². The second-order valence-corrected chi connectivity index (χ2v) is 6.85. The number of carbonyl (C=O) groups is 1. The van der Waals surface area contributed by atoms with Crippen molar-refractivity contribution >= 4 is 23.1 Å². The standard InChI is InChI=1S/C23H25N3O3/c1-14-10-15(2)22(16(3)11-14)26-23(27)17-8-9-24-21(12-17)25-18-6-7-19(28-4)20(13-18)29-5/h6-13H,1-5H3,(H,24,25)(H,26,27). The van der Waals surface area contributed by atoms with E-state index in [4.69, 9.17) is 9.47 Å². The monoisotopic (exact) mass is 391 g/mol. The van der Waals surface area contributed by atoms with E-state index < -0.39 is 0 Å². The Morgan fingerprint density at radius 3 is 2.24 bits per heavy atom. The van der Waals surface area contributed by atoms with Crippen molar-refractivity contribution in [3.63, 3.8) is 0 Å². The van der Waals surface area contributed by atoms with E-state index >= 15 is 0 Å². The molecule has 0 spiro atoms. The molecule has 150 valence electrons. The van der Waals surface area contributed by atoms with E-state index in [0.717, 1.165) is 22.5 Å². The highest BCUT2D eigenvalue weighted by atomic mass is 16.5. The zero-order chi connectivity index (χ0) is 21.0. The Hall–Kier alpha value is -3.54. The SMILES string of the molecule is COc1ccc(Nc2cc(C(=O)Nc3c(C)cc(C)cc3C)ccn2)cc1OC.